The maximum absolute atomic E-state index is 13.0. The molecule has 1 unspecified atom stereocenters. The van der Waals surface area contributed by atoms with Gasteiger partial charge in [-0.2, -0.15) is 5.10 Å². The van der Waals surface area contributed by atoms with Crippen LogP contribution in [0.2, 0.25) is 0 Å². The van der Waals surface area contributed by atoms with Crippen molar-refractivity contribution in [3.8, 4) is 11.5 Å². The molecule has 1 fully saturated rings. The Labute approximate surface area is 158 Å². The molecule has 4 rings (SSSR count). The number of nitrogens with zero attached hydrogens (tertiary/aromatic N) is 4. The van der Waals surface area contributed by atoms with Crippen molar-refractivity contribution in [1.82, 2.24) is 19.7 Å². The summed E-state index contributed by atoms with van der Waals surface area (Å²) in [6.07, 6.45) is 5.50. The lowest BCUT2D eigenvalue weighted by Crippen LogP contribution is -2.45. The number of rotatable bonds is 4. The molecule has 1 N–H and O–H groups in total. The zero-order valence-electron chi connectivity index (χ0n) is 15.6. The van der Waals surface area contributed by atoms with Crippen molar-refractivity contribution >= 4 is 11.6 Å². The Morgan fingerprint density at radius 2 is 2.11 bits per heavy atom. The average molecular weight is 365 g/mol. The van der Waals surface area contributed by atoms with Gasteiger partial charge in [0.2, 0.25) is 5.89 Å². The molecule has 3 aromatic rings. The minimum atomic E-state index is -0.0778. The van der Waals surface area contributed by atoms with Gasteiger partial charge in [-0.15, -0.1) is 0 Å². The van der Waals surface area contributed by atoms with Crippen LogP contribution in [0.1, 0.15) is 29.1 Å². The minimum absolute atomic E-state index is 0.0778. The first-order valence-electron chi connectivity index (χ1n) is 9.17. The Bertz CT molecular complexity index is 931. The van der Waals surface area contributed by atoms with E-state index in [2.05, 4.69) is 15.4 Å². The fraction of sp³-hybridized carbons (Fsp3) is 0.350. The molecule has 1 atom stereocenters. The number of benzene rings is 1. The zero-order valence-corrected chi connectivity index (χ0v) is 15.6. The third-order valence-electron chi connectivity index (χ3n) is 4.80. The van der Waals surface area contributed by atoms with E-state index in [-0.39, 0.29) is 11.9 Å². The number of carbonyl (C=O) groups is 1. The Kier molecular flexibility index (Phi) is 4.66. The van der Waals surface area contributed by atoms with Crippen LogP contribution in [-0.4, -0.2) is 44.7 Å². The maximum Gasteiger partial charge on any atom is 0.276 e. The van der Waals surface area contributed by atoms with E-state index in [0.717, 1.165) is 30.6 Å². The highest BCUT2D eigenvalue weighted by Crippen LogP contribution is 2.23. The number of carbonyl (C=O) groups excluding carboxylic acids is 1. The van der Waals surface area contributed by atoms with Crippen LogP contribution in [0.25, 0.3) is 11.5 Å². The van der Waals surface area contributed by atoms with E-state index in [0.29, 0.717) is 23.9 Å². The first-order chi connectivity index (χ1) is 13.1. The topological polar surface area (TPSA) is 76.2 Å². The van der Waals surface area contributed by atoms with Crippen molar-refractivity contribution in [1.29, 1.82) is 0 Å². The Morgan fingerprint density at radius 3 is 2.85 bits per heavy atom. The van der Waals surface area contributed by atoms with Crippen LogP contribution in [0.4, 0.5) is 5.69 Å². The number of para-hydroxylation sites is 1. The molecule has 7 nitrogen and oxygen atoms in total. The van der Waals surface area contributed by atoms with Gasteiger partial charge < -0.3 is 14.6 Å². The predicted octanol–water partition coefficient (Wildman–Crippen LogP) is 3.10. The summed E-state index contributed by atoms with van der Waals surface area (Å²) in [5.41, 5.74) is 2.23. The van der Waals surface area contributed by atoms with Crippen molar-refractivity contribution in [3.05, 3.63) is 54.2 Å². The van der Waals surface area contributed by atoms with Gasteiger partial charge in [-0.3, -0.25) is 9.48 Å². The van der Waals surface area contributed by atoms with Gasteiger partial charge in [-0.25, -0.2) is 4.98 Å². The summed E-state index contributed by atoms with van der Waals surface area (Å²) in [7, 11) is 1.83. The van der Waals surface area contributed by atoms with Gasteiger partial charge >= 0.3 is 0 Å². The van der Waals surface area contributed by atoms with Crippen LogP contribution < -0.4 is 5.32 Å². The molecular weight excluding hydrogens is 342 g/mol. The Hall–Kier alpha value is -3.09. The number of aromatic nitrogens is 3. The molecule has 1 aliphatic heterocycles. The molecule has 0 aliphatic carbocycles. The largest absolute Gasteiger partial charge is 0.440 e. The molecule has 27 heavy (non-hydrogen) atoms. The summed E-state index contributed by atoms with van der Waals surface area (Å²) in [5, 5.41) is 7.65. The van der Waals surface area contributed by atoms with Gasteiger partial charge in [0.05, 0.1) is 11.8 Å². The highest BCUT2D eigenvalue weighted by Gasteiger charge is 2.28. The molecule has 0 spiro atoms. The van der Waals surface area contributed by atoms with Crippen molar-refractivity contribution in [2.45, 2.75) is 25.8 Å². The molecule has 1 amide bonds. The summed E-state index contributed by atoms with van der Waals surface area (Å²) >= 11 is 0. The normalized spacial score (nSPS) is 17.1. The monoisotopic (exact) mass is 365 g/mol. The zero-order chi connectivity index (χ0) is 18.8. The van der Waals surface area contributed by atoms with E-state index in [9.17, 15) is 4.79 Å². The van der Waals surface area contributed by atoms with Crippen LogP contribution in [0.3, 0.4) is 0 Å². The van der Waals surface area contributed by atoms with E-state index < -0.39 is 0 Å². The fourth-order valence-electron chi connectivity index (χ4n) is 3.45. The molecule has 140 valence electrons. The fourth-order valence-corrected chi connectivity index (χ4v) is 3.45. The summed E-state index contributed by atoms with van der Waals surface area (Å²) in [5.74, 6) is 0.892. The van der Waals surface area contributed by atoms with Crippen LogP contribution in [-0.2, 0) is 7.05 Å². The summed E-state index contributed by atoms with van der Waals surface area (Å²) in [6.45, 7) is 3.17. The number of nitrogens with one attached hydrogen (secondary N) is 1. The lowest BCUT2D eigenvalue weighted by atomic mass is 10.0. The van der Waals surface area contributed by atoms with Crippen LogP contribution in [0, 0.1) is 6.92 Å². The van der Waals surface area contributed by atoms with Crippen molar-refractivity contribution < 1.29 is 9.21 Å². The molecule has 2 aromatic heterocycles. The van der Waals surface area contributed by atoms with E-state index in [1.807, 2.05) is 48.5 Å². The number of likely N-dealkylation sites (tertiary alicyclic amines) is 1. The molecule has 1 aromatic carbocycles. The maximum atomic E-state index is 13.0. The first-order valence-corrected chi connectivity index (χ1v) is 9.17. The van der Waals surface area contributed by atoms with Crippen molar-refractivity contribution in [2.75, 3.05) is 18.4 Å². The van der Waals surface area contributed by atoms with Gasteiger partial charge in [0.25, 0.3) is 5.91 Å². The van der Waals surface area contributed by atoms with E-state index in [1.54, 1.807) is 17.8 Å². The molecule has 3 heterocycles. The SMILES string of the molecule is Cc1oc(-c2cnn(C)c2)nc1C(=O)N1CCCC(Nc2ccccc2)C1. The van der Waals surface area contributed by atoms with E-state index >= 15 is 0 Å². The lowest BCUT2D eigenvalue weighted by Gasteiger charge is -2.33. The number of hydrogen-bond acceptors (Lipinski definition) is 5. The summed E-state index contributed by atoms with van der Waals surface area (Å²) in [6, 6.07) is 10.3. The third-order valence-corrected chi connectivity index (χ3v) is 4.80. The van der Waals surface area contributed by atoms with Gasteiger partial charge in [-0.05, 0) is 31.9 Å². The number of oxazole rings is 1. The average Bonchev–Trinajstić information content (AvgIpc) is 3.28. The Morgan fingerprint density at radius 1 is 1.30 bits per heavy atom. The number of anilines is 1. The minimum Gasteiger partial charge on any atom is -0.440 e. The second kappa shape index (κ2) is 7.26. The number of hydrogen-bond donors (Lipinski definition) is 1. The standard InChI is InChI=1S/C20H23N5O2/c1-14-18(23-19(27-14)15-11-21-24(2)12-15)20(26)25-10-6-9-17(13-25)22-16-7-4-3-5-8-16/h3-5,7-8,11-12,17,22H,6,9-10,13H2,1-2H3. The van der Waals surface area contributed by atoms with Gasteiger partial charge in [0.15, 0.2) is 5.69 Å². The van der Waals surface area contributed by atoms with E-state index in [4.69, 9.17) is 4.42 Å². The molecule has 0 saturated carbocycles. The molecule has 0 radical (unpaired) electrons. The number of piperidine rings is 1. The quantitative estimate of drug-likeness (QED) is 0.769. The van der Waals surface area contributed by atoms with Gasteiger partial charge in [-0.1, -0.05) is 18.2 Å². The summed E-state index contributed by atoms with van der Waals surface area (Å²) < 4.78 is 7.40. The lowest BCUT2D eigenvalue weighted by molar-refractivity contribution is 0.0708. The van der Waals surface area contributed by atoms with Gasteiger partial charge in [0, 0.05) is 38.1 Å². The Balaban J connectivity index is 1.48. The first kappa shape index (κ1) is 17.3. The van der Waals surface area contributed by atoms with E-state index in [1.165, 1.54) is 0 Å². The molecule has 1 aliphatic rings. The molecule has 7 heteroatoms. The van der Waals surface area contributed by atoms with Crippen molar-refractivity contribution in [2.24, 2.45) is 7.05 Å². The third kappa shape index (κ3) is 3.72. The predicted molar refractivity (Wildman–Crippen MR) is 102 cm³/mol. The number of amides is 1. The van der Waals surface area contributed by atoms with Crippen LogP contribution in [0.15, 0.2) is 47.1 Å². The van der Waals surface area contributed by atoms with Crippen LogP contribution in [0.5, 0.6) is 0 Å². The smallest absolute Gasteiger partial charge is 0.276 e. The molecule has 1 saturated heterocycles. The van der Waals surface area contributed by atoms with Crippen molar-refractivity contribution in [3.63, 3.8) is 0 Å². The second-order valence-electron chi connectivity index (χ2n) is 6.93. The van der Waals surface area contributed by atoms with Crippen LogP contribution >= 0.6 is 0 Å². The molecular formula is C20H23N5O2. The highest BCUT2D eigenvalue weighted by atomic mass is 16.4. The van der Waals surface area contributed by atoms with Gasteiger partial charge in [0.1, 0.15) is 5.76 Å². The summed E-state index contributed by atoms with van der Waals surface area (Å²) in [4.78, 5) is 19.3. The second-order valence-corrected chi connectivity index (χ2v) is 6.93. The molecule has 0 bridgehead atoms. The highest BCUT2D eigenvalue weighted by molar-refractivity contribution is 5.93. The number of aryl methyl sites for hydroxylation is 2.